The van der Waals surface area contributed by atoms with Crippen LogP contribution in [0.25, 0.3) is 16.9 Å². The molecule has 0 saturated carbocycles. The van der Waals surface area contributed by atoms with Crippen molar-refractivity contribution in [3.63, 3.8) is 0 Å². The maximum Gasteiger partial charge on any atom is 0.257 e. The molecule has 0 aliphatic carbocycles. The first-order chi connectivity index (χ1) is 17.6. The summed E-state index contributed by atoms with van der Waals surface area (Å²) >= 11 is 0. The molecule has 1 aliphatic heterocycles. The Kier molecular flexibility index (Phi) is 8.70. The van der Waals surface area contributed by atoms with Crippen LogP contribution in [0.1, 0.15) is 16.8 Å². The van der Waals surface area contributed by atoms with Crippen LogP contribution in [0.2, 0.25) is 0 Å². The molecule has 1 fully saturated rings. The van der Waals surface area contributed by atoms with Crippen molar-refractivity contribution in [3.05, 3.63) is 66.4 Å². The maximum atomic E-state index is 13.6. The number of ether oxygens (including phenoxy) is 2. The second-order valence-corrected chi connectivity index (χ2v) is 8.66. The van der Waals surface area contributed by atoms with E-state index in [1.54, 1.807) is 25.1 Å². The van der Waals surface area contributed by atoms with Gasteiger partial charge in [0.15, 0.2) is 0 Å². The average Bonchev–Trinajstić information content (AvgIpc) is 3.37. The smallest absolute Gasteiger partial charge is 0.257 e. The number of hydrogen-bond donors (Lipinski definition) is 1. The second kappa shape index (κ2) is 12.3. The Hall–Kier alpha value is -3.69. The van der Waals surface area contributed by atoms with Crippen molar-refractivity contribution < 1.29 is 19.1 Å². The minimum atomic E-state index is -0.0633. The number of nitrogens with zero attached hydrogens (tertiary/aromatic N) is 4. The molecule has 0 atom stereocenters. The lowest BCUT2D eigenvalue weighted by Crippen LogP contribution is -2.51. The zero-order valence-corrected chi connectivity index (χ0v) is 20.9. The highest BCUT2D eigenvalue weighted by atomic mass is 16.5. The summed E-state index contributed by atoms with van der Waals surface area (Å²) in [5, 5.41) is 7.69. The Bertz CT molecular complexity index is 1140. The van der Waals surface area contributed by atoms with Gasteiger partial charge in [0, 0.05) is 58.2 Å². The molecule has 36 heavy (non-hydrogen) atoms. The van der Waals surface area contributed by atoms with Gasteiger partial charge in [-0.05, 0) is 42.8 Å². The van der Waals surface area contributed by atoms with Gasteiger partial charge < -0.3 is 19.7 Å². The molecule has 3 aromatic rings. The normalized spacial score (nSPS) is 14.0. The Labute approximate surface area is 211 Å². The summed E-state index contributed by atoms with van der Waals surface area (Å²) in [6, 6.07) is 17.3. The van der Waals surface area contributed by atoms with E-state index in [2.05, 4.69) is 10.2 Å². The summed E-state index contributed by atoms with van der Waals surface area (Å²) in [7, 11) is 3.27. The molecule has 9 nitrogen and oxygen atoms in total. The predicted octanol–water partition coefficient (Wildman–Crippen LogP) is 2.46. The number of benzene rings is 2. The summed E-state index contributed by atoms with van der Waals surface area (Å²) < 4.78 is 12.0. The first-order valence-electron chi connectivity index (χ1n) is 12.2. The lowest BCUT2D eigenvalue weighted by atomic mass is 10.1. The molecule has 2 amide bonds. The Morgan fingerprint density at radius 2 is 1.69 bits per heavy atom. The number of piperazine rings is 1. The zero-order chi connectivity index (χ0) is 25.3. The van der Waals surface area contributed by atoms with E-state index in [4.69, 9.17) is 14.6 Å². The monoisotopic (exact) mass is 491 g/mol. The lowest BCUT2D eigenvalue weighted by Gasteiger charge is -2.34. The van der Waals surface area contributed by atoms with Crippen LogP contribution in [0.4, 0.5) is 0 Å². The number of carbonyl (C=O) groups is 2. The quantitative estimate of drug-likeness (QED) is 0.439. The van der Waals surface area contributed by atoms with Crippen molar-refractivity contribution in [2.45, 2.75) is 6.42 Å². The standard InChI is InChI=1S/C27H33N5O4/c1-35-18-6-13-28-25(33)20-30-14-16-31(17-15-30)27(34)24-19-32(22-7-4-3-5-8-22)29-26(24)21-9-11-23(36-2)12-10-21/h3-5,7-12,19H,6,13-18,20H2,1-2H3,(H,28,33). The number of methoxy groups -OCH3 is 2. The van der Waals surface area contributed by atoms with E-state index in [0.29, 0.717) is 57.1 Å². The summed E-state index contributed by atoms with van der Waals surface area (Å²) in [5.74, 6) is 0.677. The fourth-order valence-corrected chi connectivity index (χ4v) is 4.19. The number of aromatic nitrogens is 2. The minimum absolute atomic E-state index is 0.00295. The molecule has 0 radical (unpaired) electrons. The van der Waals surface area contributed by atoms with Crippen LogP contribution in [0.15, 0.2) is 60.8 Å². The first kappa shape index (κ1) is 25.4. The molecular weight excluding hydrogens is 458 g/mol. The van der Waals surface area contributed by atoms with Gasteiger partial charge >= 0.3 is 0 Å². The molecule has 9 heteroatoms. The van der Waals surface area contributed by atoms with Crippen LogP contribution in [0.3, 0.4) is 0 Å². The van der Waals surface area contributed by atoms with Gasteiger partial charge in [-0.3, -0.25) is 14.5 Å². The summed E-state index contributed by atoms with van der Waals surface area (Å²) in [4.78, 5) is 29.7. The number of carbonyl (C=O) groups excluding carboxylic acids is 2. The van der Waals surface area contributed by atoms with Crippen LogP contribution in [0.5, 0.6) is 5.75 Å². The zero-order valence-electron chi connectivity index (χ0n) is 20.9. The average molecular weight is 492 g/mol. The van der Waals surface area contributed by atoms with E-state index >= 15 is 0 Å². The Morgan fingerprint density at radius 1 is 0.972 bits per heavy atom. The summed E-state index contributed by atoms with van der Waals surface area (Å²) in [6.07, 6.45) is 2.59. The highest BCUT2D eigenvalue weighted by Crippen LogP contribution is 2.27. The number of nitrogens with one attached hydrogen (secondary N) is 1. The third-order valence-corrected chi connectivity index (χ3v) is 6.20. The van der Waals surface area contributed by atoms with E-state index in [0.717, 1.165) is 23.4 Å². The number of hydrogen-bond acceptors (Lipinski definition) is 6. The Balaban J connectivity index is 1.46. The second-order valence-electron chi connectivity index (χ2n) is 8.66. The minimum Gasteiger partial charge on any atom is -0.497 e. The number of para-hydroxylation sites is 1. The van der Waals surface area contributed by atoms with E-state index in [-0.39, 0.29) is 11.8 Å². The molecule has 1 saturated heterocycles. The number of amides is 2. The van der Waals surface area contributed by atoms with Crippen LogP contribution < -0.4 is 10.1 Å². The predicted molar refractivity (Wildman–Crippen MR) is 137 cm³/mol. The van der Waals surface area contributed by atoms with Gasteiger partial charge in [-0.15, -0.1) is 0 Å². The molecule has 0 unspecified atom stereocenters. The largest absolute Gasteiger partial charge is 0.497 e. The van der Waals surface area contributed by atoms with Gasteiger partial charge in [0.2, 0.25) is 5.91 Å². The molecule has 1 N–H and O–H groups in total. The molecule has 2 aromatic carbocycles. The Morgan fingerprint density at radius 3 is 2.36 bits per heavy atom. The van der Waals surface area contributed by atoms with E-state index in [1.807, 2.05) is 59.5 Å². The summed E-state index contributed by atoms with van der Waals surface area (Å²) in [5.41, 5.74) is 2.91. The van der Waals surface area contributed by atoms with E-state index < -0.39 is 0 Å². The van der Waals surface area contributed by atoms with Crippen molar-refractivity contribution >= 4 is 11.8 Å². The first-order valence-corrected chi connectivity index (χ1v) is 12.2. The molecule has 0 spiro atoms. The molecule has 4 rings (SSSR count). The van der Waals surface area contributed by atoms with Crippen LogP contribution in [-0.2, 0) is 9.53 Å². The van der Waals surface area contributed by atoms with Crippen LogP contribution in [0, 0.1) is 0 Å². The van der Waals surface area contributed by atoms with Gasteiger partial charge in [-0.2, -0.15) is 5.10 Å². The van der Waals surface area contributed by atoms with Gasteiger partial charge in [-0.1, -0.05) is 18.2 Å². The molecule has 2 heterocycles. The van der Waals surface area contributed by atoms with Crippen LogP contribution >= 0.6 is 0 Å². The SMILES string of the molecule is COCCCNC(=O)CN1CCN(C(=O)c2cn(-c3ccccc3)nc2-c2ccc(OC)cc2)CC1. The molecule has 190 valence electrons. The third kappa shape index (κ3) is 6.30. The van der Waals surface area contributed by atoms with Crippen molar-refractivity contribution in [1.82, 2.24) is 24.9 Å². The lowest BCUT2D eigenvalue weighted by molar-refractivity contribution is -0.122. The fraction of sp³-hybridized carbons (Fsp3) is 0.370. The topological polar surface area (TPSA) is 88.9 Å². The highest BCUT2D eigenvalue weighted by molar-refractivity contribution is 6.00. The molecular formula is C27H33N5O4. The van der Waals surface area contributed by atoms with Crippen LogP contribution in [-0.4, -0.2) is 91.5 Å². The molecule has 1 aliphatic rings. The molecule has 0 bridgehead atoms. The highest BCUT2D eigenvalue weighted by Gasteiger charge is 2.27. The van der Waals surface area contributed by atoms with Gasteiger partial charge in [0.25, 0.3) is 5.91 Å². The van der Waals surface area contributed by atoms with Crippen molar-refractivity contribution in [2.24, 2.45) is 0 Å². The fourth-order valence-electron chi connectivity index (χ4n) is 4.19. The van der Waals surface area contributed by atoms with Crippen molar-refractivity contribution in [1.29, 1.82) is 0 Å². The van der Waals surface area contributed by atoms with Gasteiger partial charge in [0.05, 0.1) is 24.9 Å². The number of rotatable bonds is 10. The third-order valence-electron chi connectivity index (χ3n) is 6.20. The molecule has 1 aromatic heterocycles. The van der Waals surface area contributed by atoms with Crippen molar-refractivity contribution in [3.8, 4) is 22.7 Å². The maximum absolute atomic E-state index is 13.6. The van der Waals surface area contributed by atoms with E-state index in [9.17, 15) is 9.59 Å². The van der Waals surface area contributed by atoms with E-state index in [1.165, 1.54) is 0 Å². The summed E-state index contributed by atoms with van der Waals surface area (Å²) in [6.45, 7) is 3.94. The van der Waals surface area contributed by atoms with Crippen molar-refractivity contribution in [2.75, 3.05) is 60.1 Å². The van der Waals surface area contributed by atoms with Gasteiger partial charge in [-0.25, -0.2) is 4.68 Å². The van der Waals surface area contributed by atoms with Gasteiger partial charge in [0.1, 0.15) is 11.4 Å².